The molecule has 1 aromatic carbocycles. The van der Waals surface area contributed by atoms with Gasteiger partial charge in [0.25, 0.3) is 5.56 Å². The number of ether oxygens (including phenoxy) is 1. The quantitative estimate of drug-likeness (QED) is 0.816. The zero-order chi connectivity index (χ0) is 19.8. The summed E-state index contributed by atoms with van der Waals surface area (Å²) in [5, 5.41) is 10.6. The fourth-order valence-corrected chi connectivity index (χ4v) is 5.25. The van der Waals surface area contributed by atoms with Crippen molar-refractivity contribution < 1.29 is 14.7 Å². The first-order valence-electron chi connectivity index (χ1n) is 10.3. The van der Waals surface area contributed by atoms with Crippen molar-refractivity contribution in [2.75, 3.05) is 26.2 Å². The summed E-state index contributed by atoms with van der Waals surface area (Å²) in [6.45, 7) is 9.99. The molecule has 28 heavy (non-hydrogen) atoms. The number of aryl methyl sites for hydroxylation is 3. The second-order valence-corrected chi connectivity index (χ2v) is 8.75. The molecule has 4 atom stereocenters. The second-order valence-electron chi connectivity index (χ2n) is 8.75. The van der Waals surface area contributed by atoms with Gasteiger partial charge in [-0.1, -0.05) is 23.8 Å². The van der Waals surface area contributed by atoms with Gasteiger partial charge < -0.3 is 19.3 Å². The highest BCUT2D eigenvalue weighted by Crippen LogP contribution is 2.30. The van der Waals surface area contributed by atoms with Crippen LogP contribution in [0.4, 0.5) is 0 Å². The van der Waals surface area contributed by atoms with E-state index in [4.69, 9.17) is 4.74 Å². The van der Waals surface area contributed by atoms with E-state index < -0.39 is 6.10 Å². The molecule has 2 aliphatic heterocycles. The highest BCUT2D eigenvalue weighted by atomic mass is 16.5. The van der Waals surface area contributed by atoms with Crippen LogP contribution in [0.3, 0.4) is 0 Å². The van der Waals surface area contributed by atoms with E-state index in [0.717, 1.165) is 48.6 Å². The summed E-state index contributed by atoms with van der Waals surface area (Å²) in [5.41, 5.74) is 4.75. The molecule has 2 aliphatic rings. The zero-order valence-electron chi connectivity index (χ0n) is 17.1. The van der Waals surface area contributed by atoms with Crippen molar-refractivity contribution >= 4 is 0 Å². The third-order valence-corrected chi connectivity index (χ3v) is 6.22. The Labute approximate surface area is 166 Å². The number of hydrogen-bond acceptors (Lipinski definition) is 3. The molecule has 0 spiro atoms. The third kappa shape index (κ3) is 3.87. The van der Waals surface area contributed by atoms with Gasteiger partial charge in [0.2, 0.25) is 0 Å². The molecule has 2 bridgehead atoms. The molecule has 1 fully saturated rings. The highest BCUT2D eigenvalue weighted by Gasteiger charge is 2.37. The SMILES string of the molecule is Cc1cc(C)c(OCC(O)C[NH+]2CC3CC(C2)c2cccc(=O)n2C3)c(C)c1. The van der Waals surface area contributed by atoms with Gasteiger partial charge in [-0.25, -0.2) is 0 Å². The number of hydrogen-bond donors (Lipinski definition) is 2. The molecule has 4 unspecified atom stereocenters. The summed E-state index contributed by atoms with van der Waals surface area (Å²) in [6.07, 6.45) is 0.660. The Balaban J connectivity index is 1.37. The number of nitrogens with one attached hydrogen (secondary N) is 1. The first kappa shape index (κ1) is 19.2. The van der Waals surface area contributed by atoms with Crippen LogP contribution in [0, 0.1) is 26.7 Å². The standard InChI is InChI=1S/C23H30N2O3/c1-15-7-16(2)23(17(3)8-15)28-14-20(26)13-24-10-18-9-19(12-24)21-5-4-6-22(27)25(21)11-18/h4-8,18-20,26H,9-14H2,1-3H3/p+1. The predicted octanol–water partition coefficient (Wildman–Crippen LogP) is 1.22. The van der Waals surface area contributed by atoms with E-state index in [1.807, 2.05) is 10.6 Å². The molecule has 1 saturated heterocycles. The lowest BCUT2D eigenvalue weighted by Crippen LogP contribution is -3.15. The van der Waals surface area contributed by atoms with Crippen LogP contribution >= 0.6 is 0 Å². The number of nitrogens with zero attached hydrogens (tertiary/aromatic N) is 1. The van der Waals surface area contributed by atoms with E-state index in [2.05, 4.69) is 39.0 Å². The predicted molar refractivity (Wildman–Crippen MR) is 109 cm³/mol. The molecule has 5 nitrogen and oxygen atoms in total. The molecule has 150 valence electrons. The van der Waals surface area contributed by atoms with Gasteiger partial charge >= 0.3 is 0 Å². The largest absolute Gasteiger partial charge is 0.490 e. The van der Waals surface area contributed by atoms with Gasteiger partial charge in [-0.15, -0.1) is 0 Å². The average molecular weight is 384 g/mol. The summed E-state index contributed by atoms with van der Waals surface area (Å²) in [6, 6.07) is 9.85. The number of benzene rings is 1. The summed E-state index contributed by atoms with van der Waals surface area (Å²) in [7, 11) is 0. The minimum Gasteiger partial charge on any atom is -0.490 e. The van der Waals surface area contributed by atoms with Crippen LogP contribution in [0.1, 0.15) is 34.7 Å². The summed E-state index contributed by atoms with van der Waals surface area (Å²) < 4.78 is 7.94. The van der Waals surface area contributed by atoms with Gasteiger partial charge in [-0.05, 0) is 44.4 Å². The zero-order valence-corrected chi connectivity index (χ0v) is 17.1. The van der Waals surface area contributed by atoms with Crippen LogP contribution in [0.25, 0.3) is 0 Å². The monoisotopic (exact) mass is 383 g/mol. The van der Waals surface area contributed by atoms with Crippen molar-refractivity contribution in [2.45, 2.75) is 45.8 Å². The van der Waals surface area contributed by atoms with Gasteiger partial charge in [0.15, 0.2) is 0 Å². The van der Waals surface area contributed by atoms with Crippen molar-refractivity contribution in [2.24, 2.45) is 5.92 Å². The molecule has 5 heteroatoms. The second kappa shape index (κ2) is 7.72. The lowest BCUT2D eigenvalue weighted by atomic mass is 9.83. The van der Waals surface area contributed by atoms with Gasteiger partial charge in [-0.3, -0.25) is 4.79 Å². The number of pyridine rings is 1. The molecule has 4 rings (SSSR count). The van der Waals surface area contributed by atoms with Crippen molar-refractivity contribution in [3.05, 3.63) is 63.1 Å². The van der Waals surface area contributed by atoms with Gasteiger partial charge in [0, 0.05) is 30.1 Å². The Morgan fingerprint density at radius 3 is 2.71 bits per heavy atom. The minimum atomic E-state index is -0.494. The van der Waals surface area contributed by atoms with Gasteiger partial charge in [0.05, 0.1) is 13.1 Å². The van der Waals surface area contributed by atoms with Crippen molar-refractivity contribution in [3.8, 4) is 5.75 Å². The Morgan fingerprint density at radius 1 is 1.21 bits per heavy atom. The molecule has 0 aliphatic carbocycles. The first-order valence-corrected chi connectivity index (χ1v) is 10.3. The van der Waals surface area contributed by atoms with Gasteiger partial charge in [0.1, 0.15) is 25.0 Å². The topological polar surface area (TPSA) is 55.9 Å². The summed E-state index contributed by atoms with van der Waals surface area (Å²) >= 11 is 0. The number of rotatable bonds is 5. The molecular weight excluding hydrogens is 352 g/mol. The van der Waals surface area contributed by atoms with Crippen LogP contribution in [0.5, 0.6) is 5.75 Å². The number of aliphatic hydroxyl groups is 1. The van der Waals surface area contributed by atoms with Crippen LogP contribution < -0.4 is 15.2 Å². The molecule has 0 saturated carbocycles. The maximum absolute atomic E-state index is 12.1. The van der Waals surface area contributed by atoms with E-state index >= 15 is 0 Å². The molecular formula is C23H31N2O3+. The fraction of sp³-hybridized carbons (Fsp3) is 0.522. The van der Waals surface area contributed by atoms with E-state index in [0.29, 0.717) is 25.0 Å². The lowest BCUT2D eigenvalue weighted by Gasteiger charge is -2.40. The number of piperidine rings is 1. The van der Waals surface area contributed by atoms with Gasteiger partial charge in [-0.2, -0.15) is 0 Å². The molecule has 2 N–H and O–H groups in total. The van der Waals surface area contributed by atoms with Crippen molar-refractivity contribution in [1.82, 2.24) is 4.57 Å². The first-order chi connectivity index (χ1) is 13.4. The maximum Gasteiger partial charge on any atom is 0.250 e. The number of quaternary nitrogens is 1. The molecule has 2 aromatic rings. The normalized spacial score (nSPS) is 24.5. The number of fused-ring (bicyclic) bond motifs is 4. The molecule has 1 aromatic heterocycles. The number of aliphatic hydroxyl groups excluding tert-OH is 1. The van der Waals surface area contributed by atoms with Crippen LogP contribution in [0.2, 0.25) is 0 Å². The summed E-state index contributed by atoms with van der Waals surface area (Å²) in [5.74, 6) is 1.81. The molecule has 0 radical (unpaired) electrons. The van der Waals surface area contributed by atoms with E-state index in [1.165, 1.54) is 10.5 Å². The highest BCUT2D eigenvalue weighted by molar-refractivity contribution is 5.42. The van der Waals surface area contributed by atoms with Crippen LogP contribution in [0.15, 0.2) is 35.1 Å². The fourth-order valence-electron chi connectivity index (χ4n) is 5.25. The smallest absolute Gasteiger partial charge is 0.250 e. The van der Waals surface area contributed by atoms with Crippen molar-refractivity contribution in [1.29, 1.82) is 0 Å². The average Bonchev–Trinajstić information content (AvgIpc) is 2.61. The van der Waals surface area contributed by atoms with E-state index in [9.17, 15) is 9.90 Å². The Kier molecular flexibility index (Phi) is 5.30. The van der Waals surface area contributed by atoms with Crippen LogP contribution in [-0.2, 0) is 6.54 Å². The third-order valence-electron chi connectivity index (χ3n) is 6.22. The van der Waals surface area contributed by atoms with E-state index in [-0.39, 0.29) is 5.56 Å². The summed E-state index contributed by atoms with van der Waals surface area (Å²) in [4.78, 5) is 13.6. The Morgan fingerprint density at radius 2 is 1.96 bits per heavy atom. The van der Waals surface area contributed by atoms with Crippen molar-refractivity contribution in [3.63, 3.8) is 0 Å². The number of likely N-dealkylation sites (tertiary alicyclic amines) is 1. The minimum absolute atomic E-state index is 0.118. The lowest BCUT2D eigenvalue weighted by molar-refractivity contribution is -0.914. The maximum atomic E-state index is 12.1. The Bertz CT molecular complexity index is 897. The number of aromatic nitrogens is 1. The van der Waals surface area contributed by atoms with E-state index in [1.54, 1.807) is 6.07 Å². The molecule has 3 heterocycles. The van der Waals surface area contributed by atoms with Crippen LogP contribution in [-0.4, -0.2) is 42.0 Å². The molecule has 0 amide bonds. The Hall–Kier alpha value is -2.11.